The van der Waals surface area contributed by atoms with Crippen LogP contribution in [0, 0.1) is 5.92 Å². The van der Waals surface area contributed by atoms with Gasteiger partial charge in [0.1, 0.15) is 6.04 Å². The van der Waals surface area contributed by atoms with Gasteiger partial charge in [0, 0.05) is 26.1 Å². The molecule has 1 aliphatic heterocycles. The average molecular weight is 244 g/mol. The fourth-order valence-corrected chi connectivity index (χ4v) is 1.86. The van der Waals surface area contributed by atoms with Crippen molar-refractivity contribution in [3.05, 3.63) is 0 Å². The molecule has 1 heterocycles. The Labute approximate surface area is 101 Å². The van der Waals surface area contributed by atoms with E-state index < -0.39 is 12.0 Å². The van der Waals surface area contributed by atoms with E-state index in [0.29, 0.717) is 25.5 Å². The van der Waals surface area contributed by atoms with Crippen LogP contribution >= 0.6 is 0 Å². The van der Waals surface area contributed by atoms with E-state index >= 15 is 0 Å². The maximum absolute atomic E-state index is 11.7. The molecule has 0 aromatic rings. The first-order valence-electron chi connectivity index (χ1n) is 5.87. The zero-order valence-electron chi connectivity index (χ0n) is 10.3. The van der Waals surface area contributed by atoms with E-state index in [0.717, 1.165) is 13.0 Å². The number of carboxylic acids is 1. The molecular weight excluding hydrogens is 224 g/mol. The van der Waals surface area contributed by atoms with Gasteiger partial charge in [-0.05, 0) is 12.8 Å². The highest BCUT2D eigenvalue weighted by molar-refractivity contribution is 5.82. The molecule has 98 valence electrons. The van der Waals surface area contributed by atoms with Gasteiger partial charge in [0.2, 0.25) is 0 Å². The highest BCUT2D eigenvalue weighted by atomic mass is 16.5. The highest BCUT2D eigenvalue weighted by Gasteiger charge is 2.25. The molecule has 0 aliphatic carbocycles. The smallest absolute Gasteiger partial charge is 0.326 e. The topological polar surface area (TPSA) is 78.9 Å². The summed E-state index contributed by atoms with van der Waals surface area (Å²) in [5.41, 5.74) is 0. The van der Waals surface area contributed by atoms with Crippen LogP contribution in [0.25, 0.3) is 0 Å². The first kappa shape index (κ1) is 13.8. The Balaban J connectivity index is 2.37. The van der Waals surface area contributed by atoms with Crippen molar-refractivity contribution in [1.82, 2.24) is 10.2 Å². The first-order chi connectivity index (χ1) is 8.06. The number of carbonyl (C=O) groups excluding carboxylic acids is 1. The van der Waals surface area contributed by atoms with Crippen LogP contribution in [-0.4, -0.2) is 54.9 Å². The predicted molar refractivity (Wildman–Crippen MR) is 61.8 cm³/mol. The fraction of sp³-hybridized carbons (Fsp3) is 0.818. The molecule has 17 heavy (non-hydrogen) atoms. The summed E-state index contributed by atoms with van der Waals surface area (Å²) >= 11 is 0. The third-order valence-electron chi connectivity index (χ3n) is 3.03. The van der Waals surface area contributed by atoms with E-state index in [2.05, 4.69) is 5.32 Å². The Morgan fingerprint density at radius 2 is 2.29 bits per heavy atom. The van der Waals surface area contributed by atoms with Gasteiger partial charge in [-0.2, -0.15) is 0 Å². The lowest BCUT2D eigenvalue weighted by molar-refractivity contribution is -0.141. The summed E-state index contributed by atoms with van der Waals surface area (Å²) in [6.07, 6.45) is 1.34. The Kier molecular flexibility index (Phi) is 5.21. The van der Waals surface area contributed by atoms with Crippen molar-refractivity contribution < 1.29 is 19.4 Å². The molecule has 1 rings (SSSR count). The number of nitrogens with zero attached hydrogens (tertiary/aromatic N) is 1. The number of likely N-dealkylation sites (N-methyl/N-ethyl adjacent to an activating group) is 1. The minimum atomic E-state index is -0.977. The number of nitrogens with one attached hydrogen (secondary N) is 1. The predicted octanol–water partition coefficient (Wildman–Crippen LogP) is 0.527. The van der Waals surface area contributed by atoms with E-state index in [9.17, 15) is 9.59 Å². The molecule has 0 spiro atoms. The van der Waals surface area contributed by atoms with Crippen molar-refractivity contribution in [2.24, 2.45) is 5.92 Å². The van der Waals surface area contributed by atoms with Crippen LogP contribution in [0.1, 0.15) is 19.8 Å². The van der Waals surface area contributed by atoms with E-state index in [-0.39, 0.29) is 6.03 Å². The van der Waals surface area contributed by atoms with Crippen LogP contribution in [0.2, 0.25) is 0 Å². The second kappa shape index (κ2) is 6.44. The first-order valence-corrected chi connectivity index (χ1v) is 5.87. The number of aliphatic carboxylic acids is 1. The molecule has 6 nitrogen and oxygen atoms in total. The number of amides is 2. The number of carbonyl (C=O) groups is 2. The molecule has 0 saturated carbocycles. The second-order valence-corrected chi connectivity index (χ2v) is 4.29. The van der Waals surface area contributed by atoms with Crippen molar-refractivity contribution in [2.75, 3.05) is 26.8 Å². The molecule has 6 heteroatoms. The van der Waals surface area contributed by atoms with Crippen LogP contribution in [0.3, 0.4) is 0 Å². The van der Waals surface area contributed by atoms with E-state index in [4.69, 9.17) is 9.84 Å². The van der Waals surface area contributed by atoms with Gasteiger partial charge in [-0.1, -0.05) is 6.92 Å². The highest BCUT2D eigenvalue weighted by Crippen LogP contribution is 2.11. The van der Waals surface area contributed by atoms with Gasteiger partial charge < -0.3 is 20.1 Å². The van der Waals surface area contributed by atoms with Crippen LogP contribution in [-0.2, 0) is 9.53 Å². The summed E-state index contributed by atoms with van der Waals surface area (Å²) in [5.74, 6) is -0.633. The van der Waals surface area contributed by atoms with Gasteiger partial charge in [0.05, 0.1) is 6.61 Å². The van der Waals surface area contributed by atoms with E-state index in [1.165, 1.54) is 11.9 Å². The Hall–Kier alpha value is -1.30. The summed E-state index contributed by atoms with van der Waals surface area (Å²) in [6, 6.07) is -1.11. The van der Waals surface area contributed by atoms with Gasteiger partial charge in [-0.3, -0.25) is 0 Å². The molecule has 1 aliphatic rings. The fourth-order valence-electron chi connectivity index (χ4n) is 1.86. The molecule has 2 atom stereocenters. The minimum absolute atomic E-state index is 0.342. The number of hydrogen-bond donors (Lipinski definition) is 2. The average Bonchev–Trinajstić information content (AvgIpc) is 2.78. The van der Waals surface area contributed by atoms with Crippen LogP contribution < -0.4 is 5.32 Å². The Morgan fingerprint density at radius 3 is 2.76 bits per heavy atom. The molecule has 2 N–H and O–H groups in total. The summed E-state index contributed by atoms with van der Waals surface area (Å²) in [5, 5.41) is 11.7. The van der Waals surface area contributed by atoms with Gasteiger partial charge in [0.15, 0.2) is 0 Å². The van der Waals surface area contributed by atoms with Crippen molar-refractivity contribution in [2.45, 2.75) is 25.8 Å². The normalized spacial score (nSPS) is 20.9. The standard InChI is InChI=1S/C11H20N2O4/c1-3-9(10(14)15)13(2)11(16)12-6-8-4-5-17-7-8/h8-9H,3-7H2,1-2H3,(H,12,16)(H,14,15). The number of ether oxygens (including phenoxy) is 1. The van der Waals surface area contributed by atoms with Crippen molar-refractivity contribution >= 4 is 12.0 Å². The number of rotatable bonds is 5. The molecule has 2 unspecified atom stereocenters. The summed E-state index contributed by atoms with van der Waals surface area (Å²) in [4.78, 5) is 23.8. The van der Waals surface area contributed by atoms with Crippen molar-refractivity contribution in [3.63, 3.8) is 0 Å². The lowest BCUT2D eigenvalue weighted by atomic mass is 10.1. The third kappa shape index (κ3) is 3.89. The van der Waals surface area contributed by atoms with Crippen molar-refractivity contribution in [1.29, 1.82) is 0 Å². The van der Waals surface area contributed by atoms with Gasteiger partial charge in [0.25, 0.3) is 0 Å². The van der Waals surface area contributed by atoms with Gasteiger partial charge in [-0.15, -0.1) is 0 Å². The summed E-state index contributed by atoms with van der Waals surface area (Å²) < 4.78 is 5.20. The van der Waals surface area contributed by atoms with Gasteiger partial charge in [-0.25, -0.2) is 9.59 Å². The monoisotopic (exact) mass is 244 g/mol. The SMILES string of the molecule is CCC(C(=O)O)N(C)C(=O)NCC1CCOC1. The minimum Gasteiger partial charge on any atom is -0.480 e. The van der Waals surface area contributed by atoms with Crippen molar-refractivity contribution in [3.8, 4) is 0 Å². The molecule has 1 fully saturated rings. The molecule has 1 saturated heterocycles. The number of hydrogen-bond acceptors (Lipinski definition) is 3. The zero-order valence-corrected chi connectivity index (χ0v) is 10.3. The van der Waals surface area contributed by atoms with Gasteiger partial charge >= 0.3 is 12.0 Å². The van der Waals surface area contributed by atoms with Crippen LogP contribution in [0.5, 0.6) is 0 Å². The Morgan fingerprint density at radius 1 is 1.59 bits per heavy atom. The molecule has 0 radical (unpaired) electrons. The van der Waals surface area contributed by atoms with Crippen LogP contribution in [0.15, 0.2) is 0 Å². The maximum atomic E-state index is 11.7. The molecule has 0 bridgehead atoms. The molecule has 0 aromatic heterocycles. The summed E-state index contributed by atoms with van der Waals surface area (Å²) in [6.45, 7) is 3.69. The van der Waals surface area contributed by atoms with Crippen LogP contribution in [0.4, 0.5) is 4.79 Å². The lowest BCUT2D eigenvalue weighted by Crippen LogP contribution is -2.48. The second-order valence-electron chi connectivity index (χ2n) is 4.29. The van der Waals surface area contributed by atoms with E-state index in [1.54, 1.807) is 6.92 Å². The summed E-state index contributed by atoms with van der Waals surface area (Å²) in [7, 11) is 1.50. The molecule has 0 aromatic carbocycles. The maximum Gasteiger partial charge on any atom is 0.326 e. The Bertz CT molecular complexity index is 277. The lowest BCUT2D eigenvalue weighted by Gasteiger charge is -2.24. The number of carboxylic acid groups (broad SMARTS) is 1. The third-order valence-corrected chi connectivity index (χ3v) is 3.03. The number of urea groups is 1. The quantitative estimate of drug-likeness (QED) is 0.739. The molecular formula is C11H20N2O4. The largest absolute Gasteiger partial charge is 0.480 e. The zero-order chi connectivity index (χ0) is 12.8. The van der Waals surface area contributed by atoms with E-state index in [1.807, 2.05) is 0 Å². The molecule has 2 amide bonds.